The SMILES string of the molecule is COc1ccc(CN(Cc2cc3cc(C)cc(C)c3[nH]c2=O)S(=O)(=O)c2ccc(F)cc2)cc1. The number of methoxy groups -OCH3 is 1. The highest BCUT2D eigenvalue weighted by molar-refractivity contribution is 7.89. The van der Waals surface area contributed by atoms with Crippen LogP contribution in [0.1, 0.15) is 22.3 Å². The number of hydrogen-bond acceptors (Lipinski definition) is 4. The Labute approximate surface area is 197 Å². The molecule has 0 fully saturated rings. The van der Waals surface area contributed by atoms with Gasteiger partial charge in [0, 0.05) is 18.7 Å². The van der Waals surface area contributed by atoms with Gasteiger partial charge in [-0.3, -0.25) is 4.79 Å². The highest BCUT2D eigenvalue weighted by atomic mass is 32.2. The number of hydrogen-bond donors (Lipinski definition) is 1. The Morgan fingerprint density at radius 3 is 2.26 bits per heavy atom. The van der Waals surface area contributed by atoms with Gasteiger partial charge < -0.3 is 9.72 Å². The molecule has 8 heteroatoms. The van der Waals surface area contributed by atoms with Crippen molar-refractivity contribution in [2.45, 2.75) is 31.8 Å². The van der Waals surface area contributed by atoms with E-state index in [1.165, 1.54) is 16.4 Å². The molecule has 0 saturated heterocycles. The van der Waals surface area contributed by atoms with Crippen LogP contribution in [0.2, 0.25) is 0 Å². The largest absolute Gasteiger partial charge is 0.497 e. The van der Waals surface area contributed by atoms with E-state index in [2.05, 4.69) is 4.98 Å². The lowest BCUT2D eigenvalue weighted by Gasteiger charge is -2.23. The summed E-state index contributed by atoms with van der Waals surface area (Å²) in [5.74, 6) is 0.116. The minimum absolute atomic E-state index is 0.0219. The number of nitrogens with zero attached hydrogens (tertiary/aromatic N) is 1. The zero-order valence-electron chi connectivity index (χ0n) is 19.1. The van der Waals surface area contributed by atoms with Crippen LogP contribution in [0.4, 0.5) is 4.39 Å². The number of ether oxygens (including phenoxy) is 1. The van der Waals surface area contributed by atoms with Crippen LogP contribution >= 0.6 is 0 Å². The molecule has 0 amide bonds. The lowest BCUT2D eigenvalue weighted by atomic mass is 10.1. The molecule has 0 unspecified atom stereocenters. The van der Waals surface area contributed by atoms with Crippen LogP contribution in [0.3, 0.4) is 0 Å². The van der Waals surface area contributed by atoms with Crippen molar-refractivity contribution in [2.75, 3.05) is 7.11 Å². The molecule has 3 aromatic carbocycles. The van der Waals surface area contributed by atoms with E-state index in [9.17, 15) is 17.6 Å². The molecule has 1 aromatic heterocycles. The van der Waals surface area contributed by atoms with Crippen LogP contribution < -0.4 is 10.3 Å². The van der Waals surface area contributed by atoms with Crippen molar-refractivity contribution in [3.05, 3.63) is 105 Å². The normalized spacial score (nSPS) is 11.8. The van der Waals surface area contributed by atoms with Crippen molar-refractivity contribution in [3.63, 3.8) is 0 Å². The first-order valence-corrected chi connectivity index (χ1v) is 12.1. The summed E-state index contributed by atoms with van der Waals surface area (Å²) in [5.41, 5.74) is 3.38. The lowest BCUT2D eigenvalue weighted by molar-refractivity contribution is 0.398. The van der Waals surface area contributed by atoms with Gasteiger partial charge in [-0.15, -0.1) is 0 Å². The summed E-state index contributed by atoms with van der Waals surface area (Å²) < 4.78 is 46.9. The Bertz CT molecular complexity index is 1500. The number of sulfonamides is 1. The number of aromatic amines is 1. The number of rotatable bonds is 7. The second-order valence-electron chi connectivity index (χ2n) is 8.24. The van der Waals surface area contributed by atoms with Crippen LogP contribution in [-0.4, -0.2) is 24.8 Å². The molecule has 0 spiro atoms. The van der Waals surface area contributed by atoms with Gasteiger partial charge in [0.1, 0.15) is 11.6 Å². The predicted molar refractivity (Wildman–Crippen MR) is 130 cm³/mol. The van der Waals surface area contributed by atoms with E-state index in [0.29, 0.717) is 11.3 Å². The average Bonchev–Trinajstić information content (AvgIpc) is 2.80. The van der Waals surface area contributed by atoms with E-state index < -0.39 is 15.8 Å². The van der Waals surface area contributed by atoms with Crippen LogP contribution in [-0.2, 0) is 23.1 Å². The monoisotopic (exact) mass is 480 g/mol. The summed E-state index contributed by atoms with van der Waals surface area (Å²) in [6.45, 7) is 3.75. The Hall–Kier alpha value is -3.49. The highest BCUT2D eigenvalue weighted by Gasteiger charge is 2.26. The Kier molecular flexibility index (Phi) is 6.54. The Morgan fingerprint density at radius 1 is 0.941 bits per heavy atom. The molecule has 6 nitrogen and oxygen atoms in total. The van der Waals surface area contributed by atoms with Crippen molar-refractivity contribution >= 4 is 20.9 Å². The molecular formula is C26H25FN2O4S. The first kappa shape index (κ1) is 23.7. The number of pyridine rings is 1. The summed E-state index contributed by atoms with van der Waals surface area (Å²) in [7, 11) is -2.48. The van der Waals surface area contributed by atoms with E-state index in [-0.39, 0.29) is 23.5 Å². The summed E-state index contributed by atoms with van der Waals surface area (Å²) in [4.78, 5) is 15.8. The zero-order chi connectivity index (χ0) is 24.5. The van der Waals surface area contributed by atoms with Gasteiger partial charge >= 0.3 is 0 Å². The smallest absolute Gasteiger partial charge is 0.252 e. The van der Waals surface area contributed by atoms with Crippen LogP contribution in [0.25, 0.3) is 10.9 Å². The maximum atomic E-state index is 13.5. The molecule has 1 N–H and O–H groups in total. The van der Waals surface area contributed by atoms with Crippen molar-refractivity contribution in [3.8, 4) is 5.75 Å². The number of fused-ring (bicyclic) bond motifs is 1. The number of aromatic nitrogens is 1. The summed E-state index contributed by atoms with van der Waals surface area (Å²) >= 11 is 0. The van der Waals surface area contributed by atoms with Gasteiger partial charge in [0.25, 0.3) is 5.56 Å². The van der Waals surface area contributed by atoms with Crippen molar-refractivity contribution < 1.29 is 17.5 Å². The molecule has 0 aliphatic rings. The Balaban J connectivity index is 1.78. The minimum Gasteiger partial charge on any atom is -0.497 e. The fraction of sp³-hybridized carbons (Fsp3) is 0.192. The third kappa shape index (κ3) is 4.88. The van der Waals surface area contributed by atoms with Gasteiger partial charge in [-0.05, 0) is 78.9 Å². The van der Waals surface area contributed by atoms with E-state index >= 15 is 0 Å². The quantitative estimate of drug-likeness (QED) is 0.416. The molecule has 0 aliphatic carbocycles. The zero-order valence-corrected chi connectivity index (χ0v) is 19.9. The molecule has 34 heavy (non-hydrogen) atoms. The fourth-order valence-corrected chi connectivity index (χ4v) is 5.36. The van der Waals surface area contributed by atoms with Gasteiger partial charge in [0.05, 0.1) is 17.5 Å². The van der Waals surface area contributed by atoms with Gasteiger partial charge in [0.2, 0.25) is 10.0 Å². The first-order chi connectivity index (χ1) is 16.2. The van der Waals surface area contributed by atoms with Gasteiger partial charge in [-0.25, -0.2) is 12.8 Å². The molecule has 4 rings (SSSR count). The third-order valence-electron chi connectivity index (χ3n) is 5.69. The number of H-pyrrole nitrogens is 1. The molecule has 0 aliphatic heterocycles. The standard InChI is InChI=1S/C26H25FN2O4S/c1-17-12-18(2)25-20(13-17)14-21(26(30)28-25)16-29(15-19-4-8-23(33-3)9-5-19)34(31,32)24-10-6-22(27)7-11-24/h4-14H,15-16H2,1-3H3,(H,28,30). The maximum absolute atomic E-state index is 13.5. The summed E-state index contributed by atoms with van der Waals surface area (Å²) in [5, 5.41) is 0.829. The van der Waals surface area contributed by atoms with Crippen molar-refractivity contribution in [2.24, 2.45) is 0 Å². The lowest BCUT2D eigenvalue weighted by Crippen LogP contribution is -2.32. The summed E-state index contributed by atoms with van der Waals surface area (Å²) in [6, 6.07) is 17.3. The molecule has 4 aromatic rings. The van der Waals surface area contributed by atoms with E-state index in [0.717, 1.165) is 39.7 Å². The minimum atomic E-state index is -4.03. The molecule has 0 saturated carbocycles. The molecular weight excluding hydrogens is 455 g/mol. The van der Waals surface area contributed by atoms with Crippen LogP contribution in [0.15, 0.2) is 76.4 Å². The second-order valence-corrected chi connectivity index (χ2v) is 10.2. The van der Waals surface area contributed by atoms with Crippen molar-refractivity contribution in [1.29, 1.82) is 0 Å². The van der Waals surface area contributed by atoms with Crippen LogP contribution in [0.5, 0.6) is 5.75 Å². The first-order valence-electron chi connectivity index (χ1n) is 10.7. The Morgan fingerprint density at radius 2 is 1.62 bits per heavy atom. The van der Waals surface area contributed by atoms with Crippen LogP contribution in [0, 0.1) is 19.7 Å². The second kappa shape index (κ2) is 9.40. The number of benzene rings is 3. The summed E-state index contributed by atoms with van der Waals surface area (Å²) in [6.07, 6.45) is 0. The van der Waals surface area contributed by atoms with E-state index in [1.807, 2.05) is 26.0 Å². The number of nitrogens with one attached hydrogen (secondary N) is 1. The molecule has 0 bridgehead atoms. The molecule has 0 radical (unpaired) electrons. The fourth-order valence-electron chi connectivity index (χ4n) is 3.96. The van der Waals surface area contributed by atoms with Gasteiger partial charge in [0.15, 0.2) is 0 Å². The molecule has 1 heterocycles. The van der Waals surface area contributed by atoms with E-state index in [4.69, 9.17) is 4.74 Å². The van der Waals surface area contributed by atoms with Gasteiger partial charge in [-0.2, -0.15) is 4.31 Å². The average molecular weight is 481 g/mol. The number of halogens is 1. The van der Waals surface area contributed by atoms with Crippen molar-refractivity contribution in [1.82, 2.24) is 9.29 Å². The predicted octanol–water partition coefficient (Wildman–Crippen LogP) is 4.68. The highest BCUT2D eigenvalue weighted by Crippen LogP contribution is 2.24. The number of aryl methyl sites for hydroxylation is 2. The third-order valence-corrected chi connectivity index (χ3v) is 7.49. The molecule has 0 atom stereocenters. The van der Waals surface area contributed by atoms with Gasteiger partial charge in [-0.1, -0.05) is 23.8 Å². The topological polar surface area (TPSA) is 79.5 Å². The molecule has 176 valence electrons. The van der Waals surface area contributed by atoms with E-state index in [1.54, 1.807) is 37.4 Å². The maximum Gasteiger partial charge on any atom is 0.252 e.